The van der Waals surface area contributed by atoms with Gasteiger partial charge in [-0.1, -0.05) is 48.2 Å². The molecule has 0 aliphatic carbocycles. The van der Waals surface area contributed by atoms with E-state index in [0.717, 1.165) is 12.2 Å². The van der Waals surface area contributed by atoms with Crippen LogP contribution in [0, 0.1) is 0 Å². The van der Waals surface area contributed by atoms with E-state index >= 15 is 0 Å². The van der Waals surface area contributed by atoms with Gasteiger partial charge in [-0.15, -0.1) is 0 Å². The maximum atomic E-state index is 12.3. The molecule has 1 aromatic carbocycles. The van der Waals surface area contributed by atoms with Crippen molar-refractivity contribution < 1.29 is 4.79 Å². The molecule has 0 atom stereocenters. The van der Waals surface area contributed by atoms with Crippen LogP contribution in [0.4, 0.5) is 0 Å². The molecule has 1 amide bonds. The number of rotatable bonds is 3. The molecule has 0 aromatic heterocycles. The van der Waals surface area contributed by atoms with Crippen LogP contribution in [0.2, 0.25) is 0 Å². The van der Waals surface area contributed by atoms with Crippen molar-refractivity contribution in [1.82, 2.24) is 9.80 Å². The summed E-state index contributed by atoms with van der Waals surface area (Å²) in [6.45, 7) is 5.54. The maximum Gasteiger partial charge on any atom is 0.266 e. The molecule has 2 heterocycles. The van der Waals surface area contributed by atoms with Gasteiger partial charge in [-0.25, -0.2) is 0 Å². The third-order valence-corrected chi connectivity index (χ3v) is 5.30. The lowest BCUT2D eigenvalue weighted by Gasteiger charge is -2.27. The first-order valence-corrected chi connectivity index (χ1v) is 8.88. The average molecular weight is 342 g/mol. The van der Waals surface area contributed by atoms with Crippen LogP contribution in [0.3, 0.4) is 0 Å². The molecule has 0 unspecified atom stereocenters. The zero-order chi connectivity index (χ0) is 16.4. The van der Waals surface area contributed by atoms with Crippen LogP contribution < -0.4 is 0 Å². The smallest absolute Gasteiger partial charge is 0.266 e. The number of carbonyl (C=O) groups excluding carboxylic acids is 1. The fourth-order valence-corrected chi connectivity index (χ4v) is 4.01. The van der Waals surface area contributed by atoms with E-state index in [4.69, 9.17) is 12.2 Å². The lowest BCUT2D eigenvalue weighted by atomic mass is 10.00. The molecule has 0 N–H and O–H groups in total. The maximum absolute atomic E-state index is 12.3. The number of carbonyl (C=O) groups is 1. The Hall–Kier alpha value is -1.85. The lowest BCUT2D eigenvalue weighted by Crippen LogP contribution is -2.27. The summed E-state index contributed by atoms with van der Waals surface area (Å²) in [6, 6.07) is 8.28. The predicted octanol–water partition coefficient (Wildman–Crippen LogP) is 4.10. The highest BCUT2D eigenvalue weighted by molar-refractivity contribution is 8.26. The minimum absolute atomic E-state index is 0.00188. The molecule has 1 saturated heterocycles. The Morgan fingerprint density at radius 3 is 2.65 bits per heavy atom. The van der Waals surface area contributed by atoms with E-state index in [2.05, 4.69) is 36.2 Å². The molecule has 23 heavy (non-hydrogen) atoms. The van der Waals surface area contributed by atoms with Gasteiger partial charge in [0.2, 0.25) is 0 Å². The standard InChI is InChI=1S/C18H18N2OS2/c1-3-19-12-11-13-7-5-6-8-14(13)15(19)9-10-16-17(21)20(4-2)18(22)23-16/h5-12H,3-4H2,1-2H3. The number of allylic oxidation sites excluding steroid dienone is 2. The second-order valence-electron chi connectivity index (χ2n) is 5.19. The third kappa shape index (κ3) is 2.99. The minimum atomic E-state index is 0.00188. The number of hydrogen-bond acceptors (Lipinski definition) is 4. The molecule has 2 aliphatic rings. The fraction of sp³-hybridized carbons (Fsp3) is 0.222. The summed E-state index contributed by atoms with van der Waals surface area (Å²) in [6.07, 6.45) is 8.11. The summed E-state index contributed by atoms with van der Waals surface area (Å²) in [5.74, 6) is 0.00188. The lowest BCUT2D eigenvalue weighted by molar-refractivity contribution is -0.122. The normalized spacial score (nSPS) is 20.8. The summed E-state index contributed by atoms with van der Waals surface area (Å²) in [4.78, 5) is 16.8. The van der Waals surface area contributed by atoms with Crippen molar-refractivity contribution in [3.8, 4) is 0 Å². The van der Waals surface area contributed by atoms with Crippen LogP contribution in [-0.2, 0) is 4.79 Å². The Kier molecular flexibility index (Phi) is 4.68. The van der Waals surface area contributed by atoms with Crippen molar-refractivity contribution in [1.29, 1.82) is 0 Å². The molecule has 0 saturated carbocycles. The summed E-state index contributed by atoms with van der Waals surface area (Å²) in [7, 11) is 0. The van der Waals surface area contributed by atoms with Gasteiger partial charge in [0.05, 0.1) is 4.91 Å². The van der Waals surface area contributed by atoms with E-state index in [-0.39, 0.29) is 5.91 Å². The van der Waals surface area contributed by atoms with E-state index in [1.807, 2.05) is 31.2 Å². The van der Waals surface area contributed by atoms with E-state index in [1.54, 1.807) is 4.90 Å². The summed E-state index contributed by atoms with van der Waals surface area (Å²) in [5.41, 5.74) is 3.48. The Morgan fingerprint density at radius 1 is 1.17 bits per heavy atom. The number of benzene rings is 1. The molecule has 118 valence electrons. The Labute approximate surface area is 146 Å². The Balaban J connectivity index is 1.98. The molecule has 3 nitrogen and oxygen atoms in total. The predicted molar refractivity (Wildman–Crippen MR) is 101 cm³/mol. The average Bonchev–Trinajstić information content (AvgIpc) is 2.85. The Bertz CT molecular complexity index is 749. The number of thiocarbonyl (C=S) groups is 1. The molecule has 1 aromatic rings. The molecule has 0 bridgehead atoms. The van der Waals surface area contributed by atoms with Gasteiger partial charge < -0.3 is 4.90 Å². The molecule has 0 spiro atoms. The molecular weight excluding hydrogens is 324 g/mol. The van der Waals surface area contributed by atoms with E-state index in [9.17, 15) is 4.79 Å². The summed E-state index contributed by atoms with van der Waals surface area (Å²) in [5, 5.41) is 0. The van der Waals surface area contributed by atoms with Crippen LogP contribution in [-0.4, -0.2) is 33.1 Å². The number of nitrogens with zero attached hydrogens (tertiary/aromatic N) is 2. The highest BCUT2D eigenvalue weighted by Gasteiger charge is 2.30. The van der Waals surface area contributed by atoms with Gasteiger partial charge in [-0.3, -0.25) is 9.69 Å². The molecule has 1 fully saturated rings. The van der Waals surface area contributed by atoms with Gasteiger partial charge in [0.25, 0.3) is 5.91 Å². The molecular formula is C18H18N2OS2. The zero-order valence-electron chi connectivity index (χ0n) is 13.2. The second kappa shape index (κ2) is 6.72. The highest BCUT2D eigenvalue weighted by Crippen LogP contribution is 2.33. The van der Waals surface area contributed by atoms with Crippen LogP contribution in [0.1, 0.15) is 25.0 Å². The molecule has 5 heteroatoms. The highest BCUT2D eigenvalue weighted by atomic mass is 32.2. The molecule has 0 radical (unpaired) electrons. The fourth-order valence-electron chi connectivity index (χ4n) is 2.68. The van der Waals surface area contributed by atoms with E-state index < -0.39 is 0 Å². The zero-order valence-corrected chi connectivity index (χ0v) is 14.8. The van der Waals surface area contributed by atoms with Gasteiger partial charge in [-0.2, -0.15) is 0 Å². The number of thioether (sulfide) groups is 1. The van der Waals surface area contributed by atoms with Crippen LogP contribution in [0.25, 0.3) is 11.8 Å². The first kappa shape index (κ1) is 16.0. The van der Waals surface area contributed by atoms with Gasteiger partial charge >= 0.3 is 0 Å². The quantitative estimate of drug-likeness (QED) is 0.609. The van der Waals surface area contributed by atoms with Gasteiger partial charge in [0, 0.05) is 30.5 Å². The molecule has 2 aliphatic heterocycles. The number of fused-ring (bicyclic) bond motifs is 1. The van der Waals surface area contributed by atoms with Crippen molar-refractivity contribution in [2.45, 2.75) is 13.8 Å². The van der Waals surface area contributed by atoms with Crippen molar-refractivity contribution >= 4 is 46.0 Å². The number of amides is 1. The monoisotopic (exact) mass is 342 g/mol. The van der Waals surface area contributed by atoms with E-state index in [1.165, 1.54) is 22.9 Å². The minimum Gasteiger partial charge on any atom is -0.348 e. The van der Waals surface area contributed by atoms with Gasteiger partial charge in [0.15, 0.2) is 0 Å². The van der Waals surface area contributed by atoms with Crippen LogP contribution in [0.15, 0.2) is 47.5 Å². The van der Waals surface area contributed by atoms with E-state index in [0.29, 0.717) is 15.8 Å². The van der Waals surface area contributed by atoms with Crippen molar-refractivity contribution in [2.75, 3.05) is 13.1 Å². The van der Waals surface area contributed by atoms with Crippen LogP contribution in [0.5, 0.6) is 0 Å². The van der Waals surface area contributed by atoms with Crippen molar-refractivity contribution in [3.05, 3.63) is 58.6 Å². The summed E-state index contributed by atoms with van der Waals surface area (Å²) >= 11 is 6.63. The topological polar surface area (TPSA) is 23.6 Å². The first-order valence-electron chi connectivity index (χ1n) is 7.65. The third-order valence-electron chi connectivity index (χ3n) is 3.90. The Morgan fingerprint density at radius 2 is 1.96 bits per heavy atom. The van der Waals surface area contributed by atoms with Crippen molar-refractivity contribution in [2.24, 2.45) is 0 Å². The SMILES string of the molecule is CCN1C=Cc2ccccc2C1=CC=C1SC(=S)N(CC)C1=O. The summed E-state index contributed by atoms with van der Waals surface area (Å²) < 4.78 is 0.637. The number of likely N-dealkylation sites (N-methyl/N-ethyl adjacent to an activating group) is 1. The first-order chi connectivity index (χ1) is 11.2. The molecule has 3 rings (SSSR count). The second-order valence-corrected chi connectivity index (χ2v) is 6.86. The van der Waals surface area contributed by atoms with Gasteiger partial charge in [0.1, 0.15) is 4.32 Å². The van der Waals surface area contributed by atoms with Crippen molar-refractivity contribution in [3.63, 3.8) is 0 Å². The van der Waals surface area contributed by atoms with Crippen LogP contribution >= 0.6 is 24.0 Å². The van der Waals surface area contributed by atoms with Gasteiger partial charge in [-0.05, 0) is 37.6 Å². The number of hydrogen-bond donors (Lipinski definition) is 0. The largest absolute Gasteiger partial charge is 0.348 e.